The van der Waals surface area contributed by atoms with E-state index in [0.29, 0.717) is 17.3 Å². The molecule has 1 aromatic carbocycles. The Labute approximate surface area is 136 Å². The van der Waals surface area contributed by atoms with Gasteiger partial charge in [-0.3, -0.25) is 9.48 Å². The highest BCUT2D eigenvalue weighted by atomic mass is 32.2. The highest BCUT2D eigenvalue weighted by Crippen LogP contribution is 2.28. The zero-order valence-corrected chi connectivity index (χ0v) is 13.4. The fraction of sp³-hybridized carbons (Fsp3) is 0.200. The van der Waals surface area contributed by atoms with Gasteiger partial charge in [0.05, 0.1) is 19.1 Å². The summed E-state index contributed by atoms with van der Waals surface area (Å²) in [6, 6.07) is 7.41. The lowest BCUT2D eigenvalue weighted by atomic mass is 10.3. The first-order valence-corrected chi connectivity index (χ1v) is 7.76. The van der Waals surface area contributed by atoms with Crippen LogP contribution in [0.3, 0.4) is 0 Å². The maximum atomic E-state index is 11.1. The van der Waals surface area contributed by atoms with E-state index in [-0.39, 0.29) is 11.7 Å². The summed E-state index contributed by atoms with van der Waals surface area (Å²) in [5.41, 5.74) is 0.709. The van der Waals surface area contributed by atoms with E-state index in [1.54, 1.807) is 10.9 Å². The molecule has 3 rings (SSSR count). The van der Waals surface area contributed by atoms with Crippen molar-refractivity contribution in [2.45, 2.75) is 4.90 Å². The van der Waals surface area contributed by atoms with Crippen LogP contribution < -0.4 is 4.74 Å². The Morgan fingerprint density at radius 2 is 2.04 bits per heavy atom. The van der Waals surface area contributed by atoms with E-state index in [1.165, 1.54) is 25.2 Å². The minimum Gasteiger partial charge on any atom is -0.468 e. The number of methoxy groups -OCH3 is 1. The zero-order chi connectivity index (χ0) is 16.2. The van der Waals surface area contributed by atoms with Gasteiger partial charge in [-0.2, -0.15) is 5.10 Å². The summed E-state index contributed by atoms with van der Waals surface area (Å²) in [6.45, 7) is 0. The number of hydrogen-bond donors (Lipinski definition) is 0. The van der Waals surface area contributed by atoms with Gasteiger partial charge < -0.3 is 9.47 Å². The molecular weight excluding hydrogens is 316 g/mol. The van der Waals surface area contributed by atoms with Crippen LogP contribution in [0.5, 0.6) is 11.6 Å². The summed E-state index contributed by atoms with van der Waals surface area (Å²) in [5, 5.41) is 4.90. The summed E-state index contributed by atoms with van der Waals surface area (Å²) < 4.78 is 12.1. The second kappa shape index (κ2) is 6.66. The van der Waals surface area contributed by atoms with Crippen molar-refractivity contribution in [1.82, 2.24) is 19.7 Å². The number of ether oxygens (including phenoxy) is 2. The van der Waals surface area contributed by atoms with Gasteiger partial charge in [-0.1, -0.05) is 0 Å². The van der Waals surface area contributed by atoms with E-state index in [0.717, 1.165) is 10.3 Å². The third-order valence-electron chi connectivity index (χ3n) is 3.12. The van der Waals surface area contributed by atoms with E-state index in [2.05, 4.69) is 19.8 Å². The molecule has 23 heavy (non-hydrogen) atoms. The number of hydrogen-bond acceptors (Lipinski definition) is 7. The predicted octanol–water partition coefficient (Wildman–Crippen LogP) is 2.42. The highest BCUT2D eigenvalue weighted by Gasteiger charge is 2.10. The summed E-state index contributed by atoms with van der Waals surface area (Å²) in [5.74, 6) is 1.13. The van der Waals surface area contributed by atoms with Gasteiger partial charge in [-0.25, -0.2) is 9.97 Å². The summed E-state index contributed by atoms with van der Waals surface area (Å²) in [7, 11) is 3.19. The molecule has 0 fully saturated rings. The first-order valence-electron chi connectivity index (χ1n) is 6.77. The van der Waals surface area contributed by atoms with E-state index in [4.69, 9.17) is 4.74 Å². The van der Waals surface area contributed by atoms with E-state index in [1.807, 2.05) is 31.3 Å². The van der Waals surface area contributed by atoms with Crippen molar-refractivity contribution in [3.63, 3.8) is 0 Å². The molecule has 0 spiro atoms. The average molecular weight is 330 g/mol. The van der Waals surface area contributed by atoms with Crippen molar-refractivity contribution in [2.75, 3.05) is 12.9 Å². The van der Waals surface area contributed by atoms with Gasteiger partial charge >= 0.3 is 5.97 Å². The maximum Gasteiger partial charge on any atom is 0.315 e. The number of nitrogens with zero attached hydrogens (tertiary/aromatic N) is 4. The molecule has 0 N–H and O–H groups in total. The number of aryl methyl sites for hydroxylation is 1. The molecule has 0 saturated heterocycles. The van der Waals surface area contributed by atoms with Crippen molar-refractivity contribution < 1.29 is 14.3 Å². The molecule has 0 aliphatic heterocycles. The zero-order valence-electron chi connectivity index (χ0n) is 12.6. The first-order chi connectivity index (χ1) is 11.2. The topological polar surface area (TPSA) is 79.1 Å². The van der Waals surface area contributed by atoms with Crippen LogP contribution >= 0.6 is 11.8 Å². The molecule has 2 aromatic heterocycles. The number of aromatic nitrogens is 4. The van der Waals surface area contributed by atoms with Crippen molar-refractivity contribution in [3.8, 4) is 11.6 Å². The lowest BCUT2D eigenvalue weighted by Gasteiger charge is -2.06. The summed E-state index contributed by atoms with van der Waals surface area (Å²) in [4.78, 5) is 20.4. The standard InChI is InChI=1S/C15H14N4O3S/c1-19-14-12(7-18-19)15(17-9-16-14)22-10-3-5-11(6-4-10)23-8-13(20)21-2/h3-7,9H,8H2,1-2H3. The lowest BCUT2D eigenvalue weighted by Crippen LogP contribution is -2.02. The Morgan fingerprint density at radius 1 is 1.26 bits per heavy atom. The minimum atomic E-state index is -0.254. The van der Waals surface area contributed by atoms with Gasteiger partial charge in [0.25, 0.3) is 0 Å². The van der Waals surface area contributed by atoms with Crippen LogP contribution in [0.2, 0.25) is 0 Å². The predicted molar refractivity (Wildman–Crippen MR) is 85.6 cm³/mol. The number of esters is 1. The average Bonchev–Trinajstić information content (AvgIpc) is 2.96. The molecule has 0 aliphatic carbocycles. The second-order valence-electron chi connectivity index (χ2n) is 4.62. The Balaban J connectivity index is 1.74. The minimum absolute atomic E-state index is 0.254. The first kappa shape index (κ1) is 15.3. The van der Waals surface area contributed by atoms with Crippen LogP contribution in [0.15, 0.2) is 41.7 Å². The molecule has 0 atom stereocenters. The van der Waals surface area contributed by atoms with E-state index in [9.17, 15) is 4.79 Å². The number of rotatable bonds is 5. The second-order valence-corrected chi connectivity index (χ2v) is 5.67. The van der Waals surface area contributed by atoms with E-state index >= 15 is 0 Å². The normalized spacial score (nSPS) is 10.7. The SMILES string of the molecule is COC(=O)CSc1ccc(Oc2ncnc3c2cnn3C)cc1. The fourth-order valence-corrected chi connectivity index (χ4v) is 2.67. The van der Waals surface area contributed by atoms with Gasteiger partial charge in [0.15, 0.2) is 5.65 Å². The van der Waals surface area contributed by atoms with Crippen LogP contribution in [0.4, 0.5) is 0 Å². The highest BCUT2D eigenvalue weighted by molar-refractivity contribution is 8.00. The summed E-state index contributed by atoms with van der Waals surface area (Å²) >= 11 is 1.40. The molecule has 0 unspecified atom stereocenters. The Kier molecular flexibility index (Phi) is 4.42. The Hall–Kier alpha value is -2.61. The van der Waals surface area contributed by atoms with E-state index < -0.39 is 0 Å². The molecule has 0 radical (unpaired) electrons. The lowest BCUT2D eigenvalue weighted by molar-refractivity contribution is -0.137. The molecule has 118 valence electrons. The smallest absolute Gasteiger partial charge is 0.315 e. The molecule has 7 nitrogen and oxygen atoms in total. The van der Waals surface area contributed by atoms with Crippen LogP contribution in [-0.4, -0.2) is 38.6 Å². The molecule has 0 bridgehead atoms. The monoisotopic (exact) mass is 330 g/mol. The number of carbonyl (C=O) groups excluding carboxylic acids is 1. The van der Waals surface area contributed by atoms with Crippen LogP contribution in [-0.2, 0) is 16.6 Å². The molecule has 3 aromatic rings. The molecule has 8 heteroatoms. The molecule has 0 amide bonds. The van der Waals surface area contributed by atoms with Gasteiger partial charge in [0.2, 0.25) is 5.88 Å². The third kappa shape index (κ3) is 3.42. The van der Waals surface area contributed by atoms with Gasteiger partial charge in [-0.15, -0.1) is 11.8 Å². The van der Waals surface area contributed by atoms with Crippen LogP contribution in [0.1, 0.15) is 0 Å². The molecule has 0 aliphatic rings. The maximum absolute atomic E-state index is 11.1. The van der Waals surface area contributed by atoms with Crippen LogP contribution in [0.25, 0.3) is 11.0 Å². The van der Waals surface area contributed by atoms with Gasteiger partial charge in [0, 0.05) is 11.9 Å². The Bertz CT molecular complexity index is 832. The van der Waals surface area contributed by atoms with Crippen LogP contribution in [0, 0.1) is 0 Å². The van der Waals surface area contributed by atoms with Gasteiger partial charge in [-0.05, 0) is 24.3 Å². The molecular formula is C15H14N4O3S. The number of thioether (sulfide) groups is 1. The summed E-state index contributed by atoms with van der Waals surface area (Å²) in [6.07, 6.45) is 3.12. The van der Waals surface area contributed by atoms with Gasteiger partial charge in [0.1, 0.15) is 17.5 Å². The van der Waals surface area contributed by atoms with Crippen molar-refractivity contribution in [2.24, 2.45) is 7.05 Å². The number of fused-ring (bicyclic) bond motifs is 1. The van der Waals surface area contributed by atoms with Crippen molar-refractivity contribution in [3.05, 3.63) is 36.8 Å². The molecule has 2 heterocycles. The Morgan fingerprint density at radius 3 is 2.78 bits per heavy atom. The molecule has 0 saturated carbocycles. The number of benzene rings is 1. The number of carbonyl (C=O) groups is 1. The van der Waals surface area contributed by atoms with Crippen molar-refractivity contribution in [1.29, 1.82) is 0 Å². The quantitative estimate of drug-likeness (QED) is 0.525. The fourth-order valence-electron chi connectivity index (χ4n) is 1.94. The third-order valence-corrected chi connectivity index (χ3v) is 4.10. The largest absolute Gasteiger partial charge is 0.468 e. The van der Waals surface area contributed by atoms with Crippen molar-refractivity contribution >= 4 is 28.8 Å².